The molecule has 94 valence electrons. The molecule has 1 unspecified atom stereocenters. The molecule has 16 heavy (non-hydrogen) atoms. The van der Waals surface area contributed by atoms with Gasteiger partial charge in [-0.3, -0.25) is 4.79 Å². The quantitative estimate of drug-likeness (QED) is 0.691. The molecule has 0 saturated carbocycles. The van der Waals surface area contributed by atoms with Gasteiger partial charge in [0.05, 0.1) is 6.54 Å². The van der Waals surface area contributed by atoms with Crippen molar-refractivity contribution in [2.75, 3.05) is 6.54 Å². The second kappa shape index (κ2) is 4.25. The Labute approximate surface area is 93.5 Å². The third kappa shape index (κ3) is 3.68. The van der Waals surface area contributed by atoms with Crippen molar-refractivity contribution in [2.45, 2.75) is 50.8 Å². The normalized spacial score (nSPS) is 26.5. The van der Waals surface area contributed by atoms with Crippen molar-refractivity contribution in [1.82, 2.24) is 5.32 Å². The molecule has 0 aromatic rings. The fourth-order valence-corrected chi connectivity index (χ4v) is 1.53. The van der Waals surface area contributed by atoms with E-state index in [1.54, 1.807) is 20.8 Å². The summed E-state index contributed by atoms with van der Waals surface area (Å²) < 4.78 is 30.8. The summed E-state index contributed by atoms with van der Waals surface area (Å²) in [6.07, 6.45) is -0.423. The third-order valence-corrected chi connectivity index (χ3v) is 2.25. The zero-order valence-electron chi connectivity index (χ0n) is 9.72. The molecule has 0 spiro atoms. The molecule has 1 rings (SSSR count). The maximum Gasteiger partial charge on any atom is 0.325 e. The average molecular weight is 236 g/mol. The van der Waals surface area contributed by atoms with Gasteiger partial charge in [0.2, 0.25) is 0 Å². The van der Waals surface area contributed by atoms with Gasteiger partial charge in [0, 0.05) is 12.5 Å². The van der Waals surface area contributed by atoms with E-state index >= 15 is 0 Å². The predicted molar refractivity (Wildman–Crippen MR) is 55.2 cm³/mol. The number of halogens is 2. The molecule has 2 atom stereocenters. The van der Waals surface area contributed by atoms with Crippen molar-refractivity contribution in [1.29, 1.82) is 0 Å². The van der Waals surface area contributed by atoms with Crippen LogP contribution >= 0.6 is 0 Å². The van der Waals surface area contributed by atoms with Gasteiger partial charge in [0.25, 0.3) is 5.92 Å². The molecule has 3 N–H and O–H groups in total. The van der Waals surface area contributed by atoms with E-state index < -0.39 is 42.5 Å². The molecular weight excluding hydrogens is 218 g/mol. The molecule has 0 aliphatic carbocycles. The fourth-order valence-electron chi connectivity index (χ4n) is 1.53. The summed E-state index contributed by atoms with van der Waals surface area (Å²) in [5.41, 5.74) is 4.92. The maximum atomic E-state index is 12.9. The third-order valence-electron chi connectivity index (χ3n) is 2.25. The first-order valence-corrected chi connectivity index (χ1v) is 5.20. The summed E-state index contributed by atoms with van der Waals surface area (Å²) in [4.78, 5) is 11.5. The van der Waals surface area contributed by atoms with Gasteiger partial charge in [0.15, 0.2) is 0 Å². The van der Waals surface area contributed by atoms with Crippen LogP contribution in [0.4, 0.5) is 8.78 Å². The van der Waals surface area contributed by atoms with Crippen molar-refractivity contribution in [3.63, 3.8) is 0 Å². The van der Waals surface area contributed by atoms with E-state index in [1.807, 2.05) is 0 Å². The molecule has 1 aliphatic rings. The highest BCUT2D eigenvalue weighted by Crippen LogP contribution is 2.26. The van der Waals surface area contributed by atoms with Gasteiger partial charge in [-0.15, -0.1) is 0 Å². The Morgan fingerprint density at radius 2 is 2.12 bits per heavy atom. The van der Waals surface area contributed by atoms with E-state index in [0.29, 0.717) is 0 Å². The highest BCUT2D eigenvalue weighted by Gasteiger charge is 2.44. The van der Waals surface area contributed by atoms with Gasteiger partial charge in [-0.2, -0.15) is 0 Å². The minimum absolute atomic E-state index is 0.423. The highest BCUT2D eigenvalue weighted by atomic mass is 19.3. The molecule has 0 aromatic heterocycles. The zero-order valence-corrected chi connectivity index (χ0v) is 9.72. The predicted octanol–water partition coefficient (Wildman–Crippen LogP) is 0.653. The van der Waals surface area contributed by atoms with Gasteiger partial charge >= 0.3 is 5.97 Å². The number of alkyl halides is 2. The first-order valence-electron chi connectivity index (χ1n) is 5.20. The van der Waals surface area contributed by atoms with Crippen LogP contribution in [0.15, 0.2) is 0 Å². The Balaban J connectivity index is 2.52. The topological polar surface area (TPSA) is 64.3 Å². The lowest BCUT2D eigenvalue weighted by molar-refractivity contribution is -0.157. The molecule has 0 amide bonds. The average Bonchev–Trinajstić information content (AvgIpc) is 2.41. The molecule has 0 bridgehead atoms. The van der Waals surface area contributed by atoms with Crippen LogP contribution in [-0.4, -0.2) is 36.1 Å². The number of carbonyl (C=O) groups excluding carboxylic acids is 1. The standard InChI is InChI=1S/C10H18F2N2O2/c1-9(2,3)16-8(15)7(13)6-4-10(11,12)5-14-6/h6-7,14H,4-5,13H2,1-3H3/t6-,7?/m1/s1. The monoisotopic (exact) mass is 236 g/mol. The first kappa shape index (κ1) is 13.3. The van der Waals surface area contributed by atoms with Crippen molar-refractivity contribution in [2.24, 2.45) is 5.73 Å². The SMILES string of the molecule is CC(C)(C)OC(=O)C(N)[C@H]1CC(F)(F)CN1. The molecular formula is C10H18F2N2O2. The molecule has 1 aliphatic heterocycles. The first-order chi connectivity index (χ1) is 7.11. The Kier molecular flexibility index (Phi) is 3.54. The number of rotatable bonds is 2. The lowest BCUT2D eigenvalue weighted by Crippen LogP contribution is -2.49. The van der Waals surface area contributed by atoms with Gasteiger partial charge in [0.1, 0.15) is 11.6 Å². The molecule has 6 heteroatoms. The number of nitrogens with one attached hydrogen (secondary N) is 1. The lowest BCUT2D eigenvalue weighted by Gasteiger charge is -2.24. The summed E-state index contributed by atoms with van der Waals surface area (Å²) in [6.45, 7) is 4.67. The van der Waals surface area contributed by atoms with Crippen LogP contribution < -0.4 is 11.1 Å². The number of ether oxygens (including phenoxy) is 1. The number of esters is 1. The fraction of sp³-hybridized carbons (Fsp3) is 0.900. The van der Waals surface area contributed by atoms with E-state index in [9.17, 15) is 13.6 Å². The molecule has 0 radical (unpaired) electrons. The molecule has 1 saturated heterocycles. The largest absolute Gasteiger partial charge is 0.459 e. The molecule has 0 aromatic carbocycles. The van der Waals surface area contributed by atoms with Gasteiger partial charge < -0.3 is 15.8 Å². The summed E-state index contributed by atoms with van der Waals surface area (Å²) in [5.74, 6) is -3.44. The molecule has 4 nitrogen and oxygen atoms in total. The van der Waals surface area contributed by atoms with Crippen LogP contribution in [-0.2, 0) is 9.53 Å². The lowest BCUT2D eigenvalue weighted by atomic mass is 10.1. The van der Waals surface area contributed by atoms with Crippen molar-refractivity contribution >= 4 is 5.97 Å². The summed E-state index contributed by atoms with van der Waals surface area (Å²) in [5, 5.41) is 2.54. The second-order valence-electron chi connectivity index (χ2n) is 5.11. The van der Waals surface area contributed by atoms with Gasteiger partial charge in [-0.1, -0.05) is 0 Å². The van der Waals surface area contributed by atoms with Crippen LogP contribution in [0.25, 0.3) is 0 Å². The van der Waals surface area contributed by atoms with E-state index in [2.05, 4.69) is 5.32 Å². The van der Waals surface area contributed by atoms with Gasteiger partial charge in [-0.25, -0.2) is 8.78 Å². The van der Waals surface area contributed by atoms with E-state index in [0.717, 1.165) is 0 Å². The Morgan fingerprint density at radius 1 is 1.56 bits per heavy atom. The van der Waals surface area contributed by atoms with Crippen LogP contribution in [0.3, 0.4) is 0 Å². The Hall–Kier alpha value is -0.750. The number of carbonyl (C=O) groups is 1. The van der Waals surface area contributed by atoms with Gasteiger partial charge in [-0.05, 0) is 20.8 Å². The second-order valence-corrected chi connectivity index (χ2v) is 5.11. The van der Waals surface area contributed by atoms with Crippen molar-refractivity contribution in [3.8, 4) is 0 Å². The highest BCUT2D eigenvalue weighted by molar-refractivity contribution is 5.77. The van der Waals surface area contributed by atoms with Crippen molar-refractivity contribution in [3.05, 3.63) is 0 Å². The molecule has 1 heterocycles. The number of nitrogens with two attached hydrogens (primary N) is 1. The maximum absolute atomic E-state index is 12.9. The minimum atomic E-state index is -2.79. The number of hydrogen-bond acceptors (Lipinski definition) is 4. The smallest absolute Gasteiger partial charge is 0.325 e. The summed E-state index contributed by atoms with van der Waals surface area (Å²) in [7, 11) is 0. The van der Waals surface area contributed by atoms with Crippen LogP contribution in [0.1, 0.15) is 27.2 Å². The summed E-state index contributed by atoms with van der Waals surface area (Å²) in [6, 6.07) is -1.77. The number of hydrogen-bond donors (Lipinski definition) is 2. The van der Waals surface area contributed by atoms with Crippen LogP contribution in [0, 0.1) is 0 Å². The zero-order chi connectivity index (χ0) is 12.6. The minimum Gasteiger partial charge on any atom is -0.459 e. The van der Waals surface area contributed by atoms with Crippen molar-refractivity contribution < 1.29 is 18.3 Å². The molecule has 1 fully saturated rings. The van der Waals surface area contributed by atoms with Crippen LogP contribution in [0.5, 0.6) is 0 Å². The van der Waals surface area contributed by atoms with E-state index in [4.69, 9.17) is 10.5 Å². The van der Waals surface area contributed by atoms with E-state index in [1.165, 1.54) is 0 Å². The Morgan fingerprint density at radius 3 is 2.50 bits per heavy atom. The summed E-state index contributed by atoms with van der Waals surface area (Å²) >= 11 is 0. The van der Waals surface area contributed by atoms with E-state index in [-0.39, 0.29) is 0 Å². The van der Waals surface area contributed by atoms with Crippen LogP contribution in [0.2, 0.25) is 0 Å². The Bertz CT molecular complexity index is 276.